The fraction of sp³-hybridized carbons (Fsp3) is 0.455. The molecule has 1 rings (SSSR count). The van der Waals surface area contributed by atoms with Crippen LogP contribution in [-0.4, -0.2) is 27.0 Å². The van der Waals surface area contributed by atoms with Crippen LogP contribution >= 0.6 is 15.9 Å². The number of rotatable bonds is 7. The molecule has 0 aliphatic carbocycles. The summed E-state index contributed by atoms with van der Waals surface area (Å²) in [5.41, 5.74) is -0.155. The van der Waals surface area contributed by atoms with Gasteiger partial charge in [0.1, 0.15) is 18.1 Å². The zero-order chi connectivity index (χ0) is 14.4. The molecule has 0 radical (unpaired) electrons. The number of aliphatic carboxylic acids is 1. The van der Waals surface area contributed by atoms with E-state index in [2.05, 4.69) is 26.2 Å². The number of anilines is 1. The normalized spacial score (nSPS) is 11.9. The number of nitrogens with one attached hydrogen (secondary N) is 1. The van der Waals surface area contributed by atoms with Gasteiger partial charge >= 0.3 is 5.97 Å². The molecule has 0 bridgehead atoms. The summed E-state index contributed by atoms with van der Waals surface area (Å²) in [5.74, 6) is -0.686. The van der Waals surface area contributed by atoms with Crippen molar-refractivity contribution in [3.8, 4) is 0 Å². The van der Waals surface area contributed by atoms with Gasteiger partial charge in [-0.1, -0.05) is 19.8 Å². The van der Waals surface area contributed by atoms with Crippen LogP contribution in [-0.2, 0) is 4.79 Å². The second-order valence-corrected chi connectivity index (χ2v) is 4.81. The maximum absolute atomic E-state index is 11.1. The minimum absolute atomic E-state index is 0.155. The zero-order valence-corrected chi connectivity index (χ0v) is 11.9. The maximum atomic E-state index is 11.1. The van der Waals surface area contributed by atoms with E-state index in [1.807, 2.05) is 6.92 Å². The third-order valence-electron chi connectivity index (χ3n) is 2.49. The Bertz CT molecular complexity index is 481. The van der Waals surface area contributed by atoms with E-state index in [0.717, 1.165) is 19.0 Å². The van der Waals surface area contributed by atoms with Crippen molar-refractivity contribution >= 4 is 33.4 Å². The van der Waals surface area contributed by atoms with Gasteiger partial charge in [0.05, 0.1) is 9.40 Å². The average Bonchev–Trinajstić information content (AvgIpc) is 2.35. The number of nitrogens with zero attached hydrogens (tertiary/aromatic N) is 2. The molecule has 0 amide bonds. The predicted octanol–water partition coefficient (Wildman–Crippen LogP) is 2.81. The lowest BCUT2D eigenvalue weighted by atomic mass is 10.1. The summed E-state index contributed by atoms with van der Waals surface area (Å²) in [7, 11) is 0. The minimum Gasteiger partial charge on any atom is -0.480 e. The molecule has 1 aromatic heterocycles. The van der Waals surface area contributed by atoms with Gasteiger partial charge in [-0.15, -0.1) is 0 Å². The van der Waals surface area contributed by atoms with E-state index in [1.54, 1.807) is 0 Å². The van der Waals surface area contributed by atoms with Crippen molar-refractivity contribution in [3.63, 3.8) is 0 Å². The first kappa shape index (κ1) is 15.4. The average molecular weight is 332 g/mol. The maximum Gasteiger partial charge on any atom is 0.326 e. The second-order valence-electron chi connectivity index (χ2n) is 3.96. The number of pyridine rings is 1. The Balaban J connectivity index is 2.84. The molecule has 0 saturated heterocycles. The lowest BCUT2D eigenvalue weighted by molar-refractivity contribution is -0.385. The summed E-state index contributed by atoms with van der Waals surface area (Å²) in [5, 5.41) is 22.4. The molecule has 0 spiro atoms. The van der Waals surface area contributed by atoms with Gasteiger partial charge in [0, 0.05) is 6.07 Å². The Morgan fingerprint density at radius 2 is 2.37 bits per heavy atom. The SMILES string of the molecule is CCCCC(Nc1ncc([N+](=O)[O-])cc1Br)C(=O)O. The minimum atomic E-state index is -0.972. The van der Waals surface area contributed by atoms with E-state index >= 15 is 0 Å². The molecule has 1 unspecified atom stereocenters. The van der Waals surface area contributed by atoms with E-state index < -0.39 is 16.9 Å². The summed E-state index contributed by atoms with van der Waals surface area (Å²) in [4.78, 5) is 25.0. The lowest BCUT2D eigenvalue weighted by Crippen LogP contribution is -2.29. The zero-order valence-electron chi connectivity index (χ0n) is 10.3. The summed E-state index contributed by atoms with van der Waals surface area (Å²) in [6, 6.07) is 0.527. The summed E-state index contributed by atoms with van der Waals surface area (Å²) in [6.07, 6.45) is 3.22. The van der Waals surface area contributed by atoms with Gasteiger partial charge in [0.25, 0.3) is 5.69 Å². The van der Waals surface area contributed by atoms with Crippen molar-refractivity contribution in [1.29, 1.82) is 0 Å². The van der Waals surface area contributed by atoms with Gasteiger partial charge in [-0.05, 0) is 22.4 Å². The molecular weight excluding hydrogens is 318 g/mol. The smallest absolute Gasteiger partial charge is 0.326 e. The molecule has 104 valence electrons. The largest absolute Gasteiger partial charge is 0.480 e. The predicted molar refractivity (Wildman–Crippen MR) is 73.2 cm³/mol. The molecule has 0 fully saturated rings. The van der Waals surface area contributed by atoms with Gasteiger partial charge < -0.3 is 10.4 Å². The van der Waals surface area contributed by atoms with E-state index in [4.69, 9.17) is 5.11 Å². The fourth-order valence-corrected chi connectivity index (χ4v) is 1.92. The molecular formula is C11H14BrN3O4. The molecule has 7 nitrogen and oxygen atoms in total. The van der Waals surface area contributed by atoms with Crippen LogP contribution in [0.2, 0.25) is 0 Å². The topological polar surface area (TPSA) is 105 Å². The summed E-state index contributed by atoms with van der Waals surface area (Å²) >= 11 is 3.14. The monoisotopic (exact) mass is 331 g/mol. The number of halogens is 1. The van der Waals surface area contributed by atoms with E-state index in [1.165, 1.54) is 6.07 Å². The van der Waals surface area contributed by atoms with Crippen LogP contribution in [0.5, 0.6) is 0 Å². The number of hydrogen-bond donors (Lipinski definition) is 2. The second kappa shape index (κ2) is 7.03. The Hall–Kier alpha value is -1.70. The number of unbranched alkanes of at least 4 members (excludes halogenated alkanes) is 1. The number of carbonyl (C=O) groups is 1. The van der Waals surface area contributed by atoms with Gasteiger partial charge in [-0.3, -0.25) is 10.1 Å². The van der Waals surface area contributed by atoms with Crippen molar-refractivity contribution in [2.45, 2.75) is 32.2 Å². The van der Waals surface area contributed by atoms with Crippen LogP contribution in [0.3, 0.4) is 0 Å². The molecule has 0 aliphatic rings. The first-order valence-electron chi connectivity index (χ1n) is 5.75. The van der Waals surface area contributed by atoms with Gasteiger partial charge in [0.2, 0.25) is 0 Å². The Morgan fingerprint density at radius 3 is 2.84 bits per heavy atom. The van der Waals surface area contributed by atoms with Crippen LogP contribution in [0.1, 0.15) is 26.2 Å². The number of carboxylic acid groups (broad SMARTS) is 1. The van der Waals surface area contributed by atoms with Crippen LogP contribution in [0, 0.1) is 10.1 Å². The fourth-order valence-electron chi connectivity index (χ4n) is 1.46. The standard InChI is InChI=1S/C11H14BrN3O4/c1-2-3-4-9(11(16)17)14-10-8(12)5-7(6-13-10)15(18)19/h5-6,9H,2-4H2,1H3,(H,13,14)(H,16,17). The van der Waals surface area contributed by atoms with Crippen molar-refractivity contribution in [3.05, 3.63) is 26.9 Å². The van der Waals surface area contributed by atoms with Crippen molar-refractivity contribution in [2.75, 3.05) is 5.32 Å². The number of hydrogen-bond acceptors (Lipinski definition) is 5. The molecule has 1 heterocycles. The molecule has 8 heteroatoms. The first-order chi connectivity index (χ1) is 8.95. The Labute approximate surface area is 118 Å². The Kier molecular flexibility index (Phi) is 5.68. The third-order valence-corrected chi connectivity index (χ3v) is 3.10. The van der Waals surface area contributed by atoms with Crippen molar-refractivity contribution in [2.24, 2.45) is 0 Å². The van der Waals surface area contributed by atoms with Crippen molar-refractivity contribution in [1.82, 2.24) is 4.98 Å². The molecule has 19 heavy (non-hydrogen) atoms. The van der Waals surface area contributed by atoms with Crippen LogP contribution in [0.15, 0.2) is 16.7 Å². The molecule has 0 aromatic carbocycles. The molecule has 0 aliphatic heterocycles. The highest BCUT2D eigenvalue weighted by atomic mass is 79.9. The van der Waals surface area contributed by atoms with E-state index in [-0.39, 0.29) is 11.5 Å². The van der Waals surface area contributed by atoms with Crippen LogP contribution < -0.4 is 5.32 Å². The summed E-state index contributed by atoms with van der Waals surface area (Å²) in [6.45, 7) is 1.97. The van der Waals surface area contributed by atoms with E-state index in [9.17, 15) is 14.9 Å². The highest BCUT2D eigenvalue weighted by molar-refractivity contribution is 9.10. The van der Waals surface area contributed by atoms with Crippen molar-refractivity contribution < 1.29 is 14.8 Å². The summed E-state index contributed by atoms with van der Waals surface area (Å²) < 4.78 is 0.365. The Morgan fingerprint density at radius 1 is 1.68 bits per heavy atom. The number of aromatic nitrogens is 1. The molecule has 1 aromatic rings. The highest BCUT2D eigenvalue weighted by Crippen LogP contribution is 2.25. The quantitative estimate of drug-likeness (QED) is 0.587. The third kappa shape index (κ3) is 4.47. The number of carboxylic acids is 1. The lowest BCUT2D eigenvalue weighted by Gasteiger charge is -2.15. The highest BCUT2D eigenvalue weighted by Gasteiger charge is 2.19. The van der Waals surface area contributed by atoms with Gasteiger partial charge in [0.15, 0.2) is 0 Å². The van der Waals surface area contributed by atoms with E-state index in [0.29, 0.717) is 10.9 Å². The van der Waals surface area contributed by atoms with Gasteiger partial charge in [-0.2, -0.15) is 0 Å². The molecule has 1 atom stereocenters. The number of nitro groups is 1. The van der Waals surface area contributed by atoms with Gasteiger partial charge in [-0.25, -0.2) is 9.78 Å². The molecule has 0 saturated carbocycles. The van der Waals surface area contributed by atoms with Crippen LogP contribution in [0.25, 0.3) is 0 Å². The first-order valence-corrected chi connectivity index (χ1v) is 6.54. The molecule has 2 N–H and O–H groups in total. The van der Waals surface area contributed by atoms with Crippen LogP contribution in [0.4, 0.5) is 11.5 Å².